The standard InChI is InChI=1S/C17H16N4O2/c1-12(22)20-14-6-4-5-13(9-14)17(23)19-11-16-18-10-15-7-2-3-8-21(15)16/h2-10H,11H2,1H3,(H,19,23)(H,20,22). The minimum atomic E-state index is -0.218. The highest BCUT2D eigenvalue weighted by Crippen LogP contribution is 2.11. The van der Waals surface area contributed by atoms with Gasteiger partial charge in [0.1, 0.15) is 5.82 Å². The summed E-state index contributed by atoms with van der Waals surface area (Å²) in [5, 5.41) is 5.50. The minimum Gasteiger partial charge on any atom is -0.345 e. The molecular weight excluding hydrogens is 292 g/mol. The highest BCUT2D eigenvalue weighted by atomic mass is 16.2. The molecule has 0 unspecified atom stereocenters. The number of nitrogens with one attached hydrogen (secondary N) is 2. The number of imidazole rings is 1. The number of carbonyl (C=O) groups excluding carboxylic acids is 2. The SMILES string of the molecule is CC(=O)Nc1cccc(C(=O)NCc2ncc3ccccn23)c1. The van der Waals surface area contributed by atoms with Crippen LogP contribution in [0.15, 0.2) is 54.9 Å². The minimum absolute atomic E-state index is 0.175. The van der Waals surface area contributed by atoms with E-state index in [1.807, 2.05) is 28.8 Å². The van der Waals surface area contributed by atoms with Crippen molar-refractivity contribution >= 4 is 23.0 Å². The van der Waals surface area contributed by atoms with Gasteiger partial charge in [0, 0.05) is 24.4 Å². The fourth-order valence-electron chi connectivity index (χ4n) is 2.33. The van der Waals surface area contributed by atoms with Gasteiger partial charge < -0.3 is 15.0 Å². The van der Waals surface area contributed by atoms with E-state index in [4.69, 9.17) is 0 Å². The fourth-order valence-corrected chi connectivity index (χ4v) is 2.33. The molecule has 0 aliphatic heterocycles. The number of aromatic nitrogens is 2. The molecule has 6 nitrogen and oxygen atoms in total. The lowest BCUT2D eigenvalue weighted by molar-refractivity contribution is -0.114. The van der Waals surface area contributed by atoms with Crippen molar-refractivity contribution in [1.82, 2.24) is 14.7 Å². The molecule has 2 aromatic heterocycles. The monoisotopic (exact) mass is 308 g/mol. The lowest BCUT2D eigenvalue weighted by Crippen LogP contribution is -2.24. The Morgan fingerprint density at radius 2 is 2.04 bits per heavy atom. The number of fused-ring (bicyclic) bond motifs is 1. The van der Waals surface area contributed by atoms with Gasteiger partial charge in [-0.2, -0.15) is 0 Å². The predicted octanol–water partition coefficient (Wildman–Crippen LogP) is 2.22. The third kappa shape index (κ3) is 3.37. The van der Waals surface area contributed by atoms with Crippen LogP contribution < -0.4 is 10.6 Å². The molecule has 0 saturated carbocycles. The number of nitrogens with zero attached hydrogens (tertiary/aromatic N) is 2. The Bertz CT molecular complexity index is 870. The highest BCUT2D eigenvalue weighted by Gasteiger charge is 2.09. The van der Waals surface area contributed by atoms with Crippen molar-refractivity contribution in [2.45, 2.75) is 13.5 Å². The average Bonchev–Trinajstić information content (AvgIpc) is 2.95. The van der Waals surface area contributed by atoms with Crippen LogP contribution in [-0.2, 0) is 11.3 Å². The smallest absolute Gasteiger partial charge is 0.251 e. The molecule has 0 aliphatic carbocycles. The summed E-state index contributed by atoms with van der Waals surface area (Å²) in [6, 6.07) is 12.6. The third-order valence-corrected chi connectivity index (χ3v) is 3.37. The molecule has 116 valence electrons. The zero-order valence-corrected chi connectivity index (χ0v) is 12.6. The maximum absolute atomic E-state index is 12.3. The lowest BCUT2D eigenvalue weighted by atomic mass is 10.2. The van der Waals surface area contributed by atoms with Gasteiger partial charge in [0.15, 0.2) is 0 Å². The van der Waals surface area contributed by atoms with Crippen LogP contribution in [0.2, 0.25) is 0 Å². The Hall–Kier alpha value is -3.15. The Morgan fingerprint density at radius 3 is 2.87 bits per heavy atom. The number of anilines is 1. The van der Waals surface area contributed by atoms with E-state index < -0.39 is 0 Å². The number of hydrogen-bond donors (Lipinski definition) is 2. The van der Waals surface area contributed by atoms with Crippen LogP contribution in [0.25, 0.3) is 5.52 Å². The molecule has 3 aromatic rings. The summed E-state index contributed by atoms with van der Waals surface area (Å²) in [7, 11) is 0. The summed E-state index contributed by atoms with van der Waals surface area (Å²) in [6.07, 6.45) is 3.67. The van der Waals surface area contributed by atoms with Gasteiger partial charge in [-0.15, -0.1) is 0 Å². The van der Waals surface area contributed by atoms with Crippen LogP contribution in [0.4, 0.5) is 5.69 Å². The summed E-state index contributed by atoms with van der Waals surface area (Å²) >= 11 is 0. The van der Waals surface area contributed by atoms with Crippen molar-refractivity contribution in [3.63, 3.8) is 0 Å². The molecule has 0 radical (unpaired) electrons. The zero-order chi connectivity index (χ0) is 16.2. The summed E-state index contributed by atoms with van der Waals surface area (Å²) < 4.78 is 1.92. The van der Waals surface area contributed by atoms with E-state index in [1.54, 1.807) is 30.5 Å². The Morgan fingerprint density at radius 1 is 1.17 bits per heavy atom. The second-order valence-corrected chi connectivity index (χ2v) is 5.11. The second kappa shape index (κ2) is 6.31. The largest absolute Gasteiger partial charge is 0.345 e. The van der Waals surface area contributed by atoms with Crippen LogP contribution in [0.1, 0.15) is 23.1 Å². The number of hydrogen-bond acceptors (Lipinski definition) is 3. The van der Waals surface area contributed by atoms with E-state index >= 15 is 0 Å². The number of pyridine rings is 1. The van der Waals surface area contributed by atoms with E-state index in [1.165, 1.54) is 6.92 Å². The fraction of sp³-hybridized carbons (Fsp3) is 0.118. The lowest BCUT2D eigenvalue weighted by Gasteiger charge is -2.07. The summed E-state index contributed by atoms with van der Waals surface area (Å²) in [5.41, 5.74) is 2.05. The van der Waals surface area contributed by atoms with Crippen molar-refractivity contribution < 1.29 is 9.59 Å². The van der Waals surface area contributed by atoms with E-state index in [0.717, 1.165) is 11.3 Å². The van der Waals surface area contributed by atoms with Crippen molar-refractivity contribution in [2.75, 3.05) is 5.32 Å². The molecular formula is C17H16N4O2. The highest BCUT2D eigenvalue weighted by molar-refractivity contribution is 5.96. The topological polar surface area (TPSA) is 75.5 Å². The van der Waals surface area contributed by atoms with Crippen molar-refractivity contribution in [3.8, 4) is 0 Å². The molecule has 2 amide bonds. The van der Waals surface area contributed by atoms with Gasteiger partial charge in [-0.25, -0.2) is 4.98 Å². The Kier molecular flexibility index (Phi) is 4.05. The van der Waals surface area contributed by atoms with Gasteiger partial charge in [0.25, 0.3) is 5.91 Å². The molecule has 0 spiro atoms. The third-order valence-electron chi connectivity index (χ3n) is 3.37. The average molecular weight is 308 g/mol. The molecule has 0 atom stereocenters. The predicted molar refractivity (Wildman–Crippen MR) is 87.1 cm³/mol. The Balaban J connectivity index is 1.71. The van der Waals surface area contributed by atoms with Crippen LogP contribution in [0.3, 0.4) is 0 Å². The number of rotatable bonds is 4. The van der Waals surface area contributed by atoms with Crippen LogP contribution in [0, 0.1) is 0 Å². The van der Waals surface area contributed by atoms with Gasteiger partial charge in [-0.05, 0) is 30.3 Å². The molecule has 3 rings (SSSR count). The van der Waals surface area contributed by atoms with Crippen LogP contribution >= 0.6 is 0 Å². The maximum atomic E-state index is 12.3. The van der Waals surface area contributed by atoms with E-state index in [0.29, 0.717) is 17.8 Å². The molecule has 0 bridgehead atoms. The van der Waals surface area contributed by atoms with Crippen LogP contribution in [-0.4, -0.2) is 21.2 Å². The zero-order valence-electron chi connectivity index (χ0n) is 12.6. The number of carbonyl (C=O) groups is 2. The van der Waals surface area contributed by atoms with E-state index in [-0.39, 0.29) is 11.8 Å². The Labute approximate surface area is 133 Å². The summed E-state index contributed by atoms with van der Waals surface area (Å²) in [6.45, 7) is 1.75. The first-order valence-corrected chi connectivity index (χ1v) is 7.20. The molecule has 0 fully saturated rings. The molecule has 6 heteroatoms. The second-order valence-electron chi connectivity index (χ2n) is 5.11. The van der Waals surface area contributed by atoms with Gasteiger partial charge in [-0.1, -0.05) is 12.1 Å². The molecule has 1 aromatic carbocycles. The molecule has 2 N–H and O–H groups in total. The maximum Gasteiger partial charge on any atom is 0.251 e. The van der Waals surface area contributed by atoms with Gasteiger partial charge in [0.05, 0.1) is 18.3 Å². The summed E-state index contributed by atoms with van der Waals surface area (Å²) in [5.74, 6) is 0.364. The van der Waals surface area contributed by atoms with E-state index in [2.05, 4.69) is 15.6 Å². The first-order valence-electron chi connectivity index (χ1n) is 7.20. The molecule has 23 heavy (non-hydrogen) atoms. The molecule has 0 saturated heterocycles. The van der Waals surface area contributed by atoms with Crippen molar-refractivity contribution in [1.29, 1.82) is 0 Å². The van der Waals surface area contributed by atoms with E-state index in [9.17, 15) is 9.59 Å². The number of amides is 2. The van der Waals surface area contributed by atoms with Crippen molar-refractivity contribution in [2.24, 2.45) is 0 Å². The van der Waals surface area contributed by atoms with Crippen LogP contribution in [0.5, 0.6) is 0 Å². The first kappa shape index (κ1) is 14.8. The van der Waals surface area contributed by atoms with Gasteiger partial charge >= 0.3 is 0 Å². The normalized spacial score (nSPS) is 10.5. The number of benzene rings is 1. The molecule has 0 aliphatic rings. The first-order chi connectivity index (χ1) is 11.1. The van der Waals surface area contributed by atoms with Gasteiger partial charge in [-0.3, -0.25) is 9.59 Å². The molecule has 2 heterocycles. The quantitative estimate of drug-likeness (QED) is 0.776. The summed E-state index contributed by atoms with van der Waals surface area (Å²) in [4.78, 5) is 27.6. The van der Waals surface area contributed by atoms with Gasteiger partial charge in [0.2, 0.25) is 5.91 Å². The van der Waals surface area contributed by atoms with Crippen molar-refractivity contribution in [3.05, 3.63) is 66.2 Å².